The van der Waals surface area contributed by atoms with Gasteiger partial charge in [0.2, 0.25) is 0 Å². The van der Waals surface area contributed by atoms with Crippen LogP contribution >= 0.6 is 15.9 Å². The lowest BCUT2D eigenvalue weighted by molar-refractivity contribution is 0.0570. The van der Waals surface area contributed by atoms with Gasteiger partial charge in [0.05, 0.1) is 6.10 Å². The van der Waals surface area contributed by atoms with Crippen LogP contribution in [0.1, 0.15) is 45.2 Å². The van der Waals surface area contributed by atoms with E-state index in [-0.39, 0.29) is 6.10 Å². The molecule has 1 fully saturated rings. The summed E-state index contributed by atoms with van der Waals surface area (Å²) in [5.74, 6) is 0.448. The van der Waals surface area contributed by atoms with Crippen LogP contribution in [0.2, 0.25) is 0 Å². The van der Waals surface area contributed by atoms with E-state index in [0.29, 0.717) is 17.8 Å². The second-order valence-corrected chi connectivity index (χ2v) is 7.16. The van der Waals surface area contributed by atoms with E-state index in [2.05, 4.69) is 34.8 Å². The number of halogens is 1. The van der Waals surface area contributed by atoms with Crippen LogP contribution in [0.4, 0.5) is 0 Å². The van der Waals surface area contributed by atoms with Gasteiger partial charge in [0.25, 0.3) is 0 Å². The summed E-state index contributed by atoms with van der Waals surface area (Å²) in [5.41, 5.74) is 1.45. The summed E-state index contributed by atoms with van der Waals surface area (Å²) in [6, 6.07) is 3.97. The van der Waals surface area contributed by atoms with Gasteiger partial charge >= 0.3 is 0 Å². The van der Waals surface area contributed by atoms with Gasteiger partial charge in [-0.1, -0.05) is 13.8 Å². The van der Waals surface area contributed by atoms with Crippen molar-refractivity contribution in [3.8, 4) is 0 Å². The van der Waals surface area contributed by atoms with Crippen molar-refractivity contribution in [3.63, 3.8) is 0 Å². The molecule has 0 saturated heterocycles. The van der Waals surface area contributed by atoms with E-state index in [9.17, 15) is 5.11 Å². The van der Waals surface area contributed by atoms with Gasteiger partial charge in [0, 0.05) is 22.8 Å². The summed E-state index contributed by atoms with van der Waals surface area (Å²) < 4.78 is 0.986. The van der Waals surface area contributed by atoms with Crippen LogP contribution in [0, 0.1) is 11.3 Å². The smallest absolute Gasteiger partial charge is 0.0623 e. The zero-order valence-electron chi connectivity index (χ0n) is 11.2. The van der Waals surface area contributed by atoms with Crippen molar-refractivity contribution in [1.29, 1.82) is 0 Å². The number of aromatic nitrogens is 1. The summed E-state index contributed by atoms with van der Waals surface area (Å²) in [6.07, 6.45) is 6.97. The molecule has 1 aliphatic rings. The van der Waals surface area contributed by atoms with Crippen molar-refractivity contribution in [3.05, 3.63) is 28.5 Å². The molecule has 1 aliphatic carbocycles. The number of rotatable bonds is 3. The highest BCUT2D eigenvalue weighted by Crippen LogP contribution is 2.39. The largest absolute Gasteiger partial charge is 0.392 e. The van der Waals surface area contributed by atoms with Gasteiger partial charge < -0.3 is 5.11 Å². The van der Waals surface area contributed by atoms with Crippen LogP contribution in [-0.4, -0.2) is 16.2 Å². The van der Waals surface area contributed by atoms with E-state index in [1.54, 1.807) is 6.20 Å². The number of hydrogen-bond acceptors (Lipinski definition) is 2. The summed E-state index contributed by atoms with van der Waals surface area (Å²) >= 11 is 3.38. The molecule has 0 aromatic carbocycles. The van der Waals surface area contributed by atoms with E-state index >= 15 is 0 Å². The van der Waals surface area contributed by atoms with Crippen molar-refractivity contribution in [2.24, 2.45) is 11.3 Å². The fourth-order valence-electron chi connectivity index (χ4n) is 2.71. The molecule has 0 radical (unpaired) electrons. The average molecular weight is 312 g/mol. The highest BCUT2D eigenvalue weighted by Gasteiger charge is 2.30. The van der Waals surface area contributed by atoms with Crippen molar-refractivity contribution in [2.75, 3.05) is 0 Å². The van der Waals surface area contributed by atoms with E-state index in [4.69, 9.17) is 0 Å². The quantitative estimate of drug-likeness (QED) is 0.916. The Labute approximate surface area is 118 Å². The van der Waals surface area contributed by atoms with E-state index < -0.39 is 0 Å². The summed E-state index contributed by atoms with van der Waals surface area (Å²) in [4.78, 5) is 4.33. The molecule has 0 bridgehead atoms. The van der Waals surface area contributed by atoms with Gasteiger partial charge in [-0.25, -0.2) is 0 Å². The van der Waals surface area contributed by atoms with Crippen molar-refractivity contribution in [2.45, 2.75) is 52.1 Å². The first-order valence-corrected chi connectivity index (χ1v) is 7.54. The van der Waals surface area contributed by atoms with Crippen LogP contribution in [0.5, 0.6) is 0 Å². The molecule has 1 N–H and O–H groups in total. The summed E-state index contributed by atoms with van der Waals surface area (Å²) in [5, 5.41) is 10.3. The molecule has 2 nitrogen and oxygen atoms in total. The first-order valence-electron chi connectivity index (χ1n) is 6.75. The Hall–Kier alpha value is -0.410. The van der Waals surface area contributed by atoms with Gasteiger partial charge in [0.15, 0.2) is 0 Å². The van der Waals surface area contributed by atoms with Gasteiger partial charge in [-0.15, -0.1) is 0 Å². The van der Waals surface area contributed by atoms with Crippen LogP contribution in [0.25, 0.3) is 0 Å². The molecule has 2 rings (SSSR count). The Balaban J connectivity index is 1.89. The second-order valence-electron chi connectivity index (χ2n) is 6.24. The van der Waals surface area contributed by atoms with Crippen molar-refractivity contribution in [1.82, 2.24) is 4.98 Å². The number of aliphatic hydroxyl groups is 1. The normalized spacial score (nSPS) is 21.8. The molecule has 0 amide bonds. The third-order valence-electron chi connectivity index (χ3n) is 4.13. The highest BCUT2D eigenvalue weighted by molar-refractivity contribution is 9.10. The molecular weight excluding hydrogens is 290 g/mol. The predicted octanol–water partition coefficient (Wildman–Crippen LogP) is 3.96. The lowest BCUT2D eigenvalue weighted by atomic mass is 9.71. The lowest BCUT2D eigenvalue weighted by Gasteiger charge is -2.36. The van der Waals surface area contributed by atoms with E-state index in [0.717, 1.165) is 23.0 Å². The standard InChI is InChI=1S/C15H22BrNO/c1-15(2)7-5-11(6-8-15)14(18)9-13-4-3-12(16)10-17-13/h3-4,10-11,14,18H,5-9H2,1-2H3. The summed E-state index contributed by atoms with van der Waals surface area (Å²) in [7, 11) is 0. The topological polar surface area (TPSA) is 33.1 Å². The van der Waals surface area contributed by atoms with E-state index in [1.807, 2.05) is 12.1 Å². The van der Waals surface area contributed by atoms with Gasteiger partial charge in [0.1, 0.15) is 0 Å². The van der Waals surface area contributed by atoms with Gasteiger partial charge in [-0.2, -0.15) is 0 Å². The fourth-order valence-corrected chi connectivity index (χ4v) is 2.95. The zero-order valence-corrected chi connectivity index (χ0v) is 12.8. The Kier molecular flexibility index (Phi) is 4.44. The fraction of sp³-hybridized carbons (Fsp3) is 0.667. The van der Waals surface area contributed by atoms with Gasteiger partial charge in [-0.3, -0.25) is 4.98 Å². The van der Waals surface area contributed by atoms with Crippen LogP contribution in [-0.2, 0) is 6.42 Å². The first-order chi connectivity index (χ1) is 8.46. The van der Waals surface area contributed by atoms with Crippen LogP contribution in [0.3, 0.4) is 0 Å². The number of hydrogen-bond donors (Lipinski definition) is 1. The number of aliphatic hydroxyl groups excluding tert-OH is 1. The minimum Gasteiger partial charge on any atom is -0.392 e. The van der Waals surface area contributed by atoms with Crippen LogP contribution in [0.15, 0.2) is 22.8 Å². The van der Waals surface area contributed by atoms with E-state index in [1.165, 1.54) is 12.8 Å². The second kappa shape index (κ2) is 5.70. The molecule has 1 saturated carbocycles. The molecule has 1 aromatic heterocycles. The number of nitrogens with zero attached hydrogens (tertiary/aromatic N) is 1. The Morgan fingerprint density at radius 1 is 1.39 bits per heavy atom. The molecule has 0 aliphatic heterocycles. The Bertz CT molecular complexity index is 378. The molecule has 1 unspecified atom stereocenters. The molecule has 1 atom stereocenters. The zero-order chi connectivity index (χ0) is 13.2. The maximum Gasteiger partial charge on any atom is 0.0623 e. The third kappa shape index (κ3) is 3.79. The molecule has 1 heterocycles. The predicted molar refractivity (Wildman–Crippen MR) is 77.4 cm³/mol. The molecular formula is C15H22BrNO. The minimum atomic E-state index is -0.241. The molecule has 3 heteroatoms. The monoisotopic (exact) mass is 311 g/mol. The minimum absolute atomic E-state index is 0.241. The maximum absolute atomic E-state index is 10.3. The molecule has 1 aromatic rings. The summed E-state index contributed by atoms with van der Waals surface area (Å²) in [6.45, 7) is 4.65. The maximum atomic E-state index is 10.3. The first kappa shape index (κ1) is 14.0. The molecule has 18 heavy (non-hydrogen) atoms. The highest BCUT2D eigenvalue weighted by atomic mass is 79.9. The average Bonchev–Trinajstić information content (AvgIpc) is 2.32. The Morgan fingerprint density at radius 2 is 2.06 bits per heavy atom. The van der Waals surface area contributed by atoms with Crippen LogP contribution < -0.4 is 0 Å². The van der Waals surface area contributed by atoms with Crippen molar-refractivity contribution >= 4 is 15.9 Å². The number of pyridine rings is 1. The molecule has 100 valence electrons. The molecule has 0 spiro atoms. The van der Waals surface area contributed by atoms with Crippen molar-refractivity contribution < 1.29 is 5.11 Å². The Morgan fingerprint density at radius 3 is 2.61 bits per heavy atom. The third-order valence-corrected chi connectivity index (χ3v) is 4.60. The SMILES string of the molecule is CC1(C)CCC(C(O)Cc2ccc(Br)cn2)CC1. The lowest BCUT2D eigenvalue weighted by Crippen LogP contribution is -2.30. The van der Waals surface area contributed by atoms with Gasteiger partial charge in [-0.05, 0) is 65.1 Å².